The molecule has 0 bridgehead atoms. The maximum absolute atomic E-state index is 12.2. The summed E-state index contributed by atoms with van der Waals surface area (Å²) in [7, 11) is -3.45. The first-order valence-electron chi connectivity index (χ1n) is 6.02. The van der Waals surface area contributed by atoms with Crippen LogP contribution in [0, 0.1) is 11.3 Å². The van der Waals surface area contributed by atoms with Crippen LogP contribution in [-0.4, -0.2) is 36.5 Å². The van der Waals surface area contributed by atoms with Gasteiger partial charge in [0.2, 0.25) is 10.0 Å². The third-order valence-electron chi connectivity index (χ3n) is 3.22. The highest BCUT2D eigenvalue weighted by atomic mass is 32.2. The number of sulfonamides is 1. The van der Waals surface area contributed by atoms with Crippen molar-refractivity contribution >= 4 is 10.0 Å². The molecular weight excluding hydrogens is 264 g/mol. The van der Waals surface area contributed by atoms with E-state index in [1.165, 1.54) is 4.31 Å². The molecule has 1 unspecified atom stereocenters. The number of hydrogen-bond acceptors (Lipinski definition) is 4. The monoisotopic (exact) mass is 280 g/mol. The van der Waals surface area contributed by atoms with Gasteiger partial charge in [-0.15, -0.1) is 0 Å². The lowest BCUT2D eigenvalue weighted by atomic mass is 10.1. The van der Waals surface area contributed by atoms with Crippen molar-refractivity contribution in [2.45, 2.75) is 24.7 Å². The largest absolute Gasteiger partial charge is 0.389 e. The number of β-amino-alcohol motifs (C(OH)–C–C–N with tert-alkyl or cyclic N) is 1. The molecule has 0 amide bonds. The standard InChI is InChI=1S/C13H16N2O3S/c1-13(16)5-6-15(10-13)19(17,18)9-12-4-2-3-11(7-12)8-14/h2-4,7,16H,5-6,9-10H2,1H3. The van der Waals surface area contributed by atoms with Crippen molar-refractivity contribution in [2.24, 2.45) is 0 Å². The lowest BCUT2D eigenvalue weighted by Crippen LogP contribution is -2.34. The van der Waals surface area contributed by atoms with Crippen molar-refractivity contribution < 1.29 is 13.5 Å². The van der Waals surface area contributed by atoms with Crippen LogP contribution in [0.4, 0.5) is 0 Å². The average Bonchev–Trinajstić information content (AvgIpc) is 2.70. The molecule has 5 nitrogen and oxygen atoms in total. The zero-order valence-electron chi connectivity index (χ0n) is 10.7. The van der Waals surface area contributed by atoms with Gasteiger partial charge in [0.25, 0.3) is 0 Å². The van der Waals surface area contributed by atoms with E-state index in [4.69, 9.17) is 5.26 Å². The van der Waals surface area contributed by atoms with Crippen LogP contribution in [-0.2, 0) is 15.8 Å². The minimum Gasteiger partial charge on any atom is -0.389 e. The summed E-state index contributed by atoms with van der Waals surface area (Å²) in [6.07, 6.45) is 0.449. The molecule has 0 saturated carbocycles. The van der Waals surface area contributed by atoms with Gasteiger partial charge >= 0.3 is 0 Å². The van der Waals surface area contributed by atoms with E-state index in [1.807, 2.05) is 6.07 Å². The number of nitrogens with zero attached hydrogens (tertiary/aromatic N) is 2. The summed E-state index contributed by atoms with van der Waals surface area (Å²) in [5.41, 5.74) is 0.0911. The summed E-state index contributed by atoms with van der Waals surface area (Å²) < 4.78 is 25.8. The lowest BCUT2D eigenvalue weighted by Gasteiger charge is -2.19. The number of aliphatic hydroxyl groups is 1. The highest BCUT2D eigenvalue weighted by molar-refractivity contribution is 7.88. The van der Waals surface area contributed by atoms with Crippen molar-refractivity contribution in [1.29, 1.82) is 5.26 Å². The highest BCUT2D eigenvalue weighted by Crippen LogP contribution is 2.24. The van der Waals surface area contributed by atoms with Crippen molar-refractivity contribution in [3.05, 3.63) is 35.4 Å². The Bertz CT molecular complexity index is 617. The van der Waals surface area contributed by atoms with Crippen molar-refractivity contribution in [1.82, 2.24) is 4.31 Å². The fraction of sp³-hybridized carbons (Fsp3) is 0.462. The van der Waals surface area contributed by atoms with Crippen molar-refractivity contribution in [3.63, 3.8) is 0 Å². The number of benzene rings is 1. The summed E-state index contributed by atoms with van der Waals surface area (Å²) in [6, 6.07) is 8.56. The molecule has 1 fully saturated rings. The van der Waals surface area contributed by atoms with Gasteiger partial charge in [0.15, 0.2) is 0 Å². The van der Waals surface area contributed by atoms with Crippen molar-refractivity contribution in [2.75, 3.05) is 13.1 Å². The smallest absolute Gasteiger partial charge is 0.218 e. The molecule has 102 valence electrons. The predicted molar refractivity (Wildman–Crippen MR) is 70.6 cm³/mol. The molecule has 1 aliphatic heterocycles. The van der Waals surface area contributed by atoms with Crippen LogP contribution < -0.4 is 0 Å². The molecule has 19 heavy (non-hydrogen) atoms. The molecule has 6 heteroatoms. The molecule has 1 aromatic carbocycles. The second-order valence-electron chi connectivity index (χ2n) is 5.15. The second-order valence-corrected chi connectivity index (χ2v) is 7.12. The Kier molecular flexibility index (Phi) is 3.63. The maximum atomic E-state index is 12.2. The van der Waals surface area contributed by atoms with Gasteiger partial charge in [0.05, 0.1) is 23.0 Å². The third-order valence-corrected chi connectivity index (χ3v) is 5.01. The van der Waals surface area contributed by atoms with Crippen LogP contribution in [0.3, 0.4) is 0 Å². The first kappa shape index (κ1) is 14.0. The maximum Gasteiger partial charge on any atom is 0.218 e. The zero-order valence-corrected chi connectivity index (χ0v) is 11.5. The van der Waals surface area contributed by atoms with E-state index >= 15 is 0 Å². The van der Waals surface area contributed by atoms with E-state index in [-0.39, 0.29) is 12.3 Å². The minimum atomic E-state index is -3.45. The van der Waals surface area contributed by atoms with Crippen LogP contribution in [0.1, 0.15) is 24.5 Å². The van der Waals surface area contributed by atoms with Gasteiger partial charge < -0.3 is 5.11 Å². The first-order chi connectivity index (χ1) is 8.82. The van der Waals surface area contributed by atoms with Gasteiger partial charge in [-0.2, -0.15) is 9.57 Å². The van der Waals surface area contributed by atoms with E-state index in [2.05, 4.69) is 0 Å². The number of rotatable bonds is 3. The molecule has 1 saturated heterocycles. The van der Waals surface area contributed by atoms with Crippen LogP contribution in [0.15, 0.2) is 24.3 Å². The van der Waals surface area contributed by atoms with Gasteiger partial charge in [-0.25, -0.2) is 8.42 Å². The Labute approximate surface area is 113 Å². The van der Waals surface area contributed by atoms with E-state index in [0.717, 1.165) is 0 Å². The third kappa shape index (κ3) is 3.32. The Morgan fingerprint density at radius 1 is 1.53 bits per heavy atom. The van der Waals surface area contributed by atoms with Crippen molar-refractivity contribution in [3.8, 4) is 6.07 Å². The molecule has 1 atom stereocenters. The quantitative estimate of drug-likeness (QED) is 0.889. The first-order valence-corrected chi connectivity index (χ1v) is 7.63. The Morgan fingerprint density at radius 3 is 2.84 bits per heavy atom. The SMILES string of the molecule is CC1(O)CCN(S(=O)(=O)Cc2cccc(C#N)c2)C1. The Morgan fingerprint density at radius 2 is 2.26 bits per heavy atom. The normalized spacial score (nSPS) is 24.3. The molecule has 0 radical (unpaired) electrons. The van der Waals surface area contributed by atoms with E-state index in [0.29, 0.717) is 24.1 Å². The number of nitriles is 1. The Balaban J connectivity index is 2.16. The van der Waals surface area contributed by atoms with Crippen LogP contribution in [0.25, 0.3) is 0 Å². The fourth-order valence-electron chi connectivity index (χ4n) is 2.17. The predicted octanol–water partition coefficient (Wildman–Crippen LogP) is 0.845. The average molecular weight is 280 g/mol. The summed E-state index contributed by atoms with van der Waals surface area (Å²) in [6.45, 7) is 2.11. The van der Waals surface area contributed by atoms with Crippen LogP contribution in [0.5, 0.6) is 0 Å². The second kappa shape index (κ2) is 4.93. The molecule has 1 aliphatic rings. The van der Waals surface area contributed by atoms with Gasteiger partial charge in [-0.05, 0) is 31.0 Å². The lowest BCUT2D eigenvalue weighted by molar-refractivity contribution is 0.0762. The van der Waals surface area contributed by atoms with Crippen LogP contribution >= 0.6 is 0 Å². The molecule has 1 aromatic rings. The van der Waals surface area contributed by atoms with Gasteiger partial charge in [-0.1, -0.05) is 12.1 Å². The summed E-state index contributed by atoms with van der Waals surface area (Å²) in [4.78, 5) is 0. The number of hydrogen-bond donors (Lipinski definition) is 1. The molecule has 1 N–H and O–H groups in total. The minimum absolute atomic E-state index is 0.132. The summed E-state index contributed by atoms with van der Waals surface area (Å²) >= 11 is 0. The van der Waals surface area contributed by atoms with E-state index in [9.17, 15) is 13.5 Å². The van der Waals surface area contributed by atoms with E-state index in [1.54, 1.807) is 31.2 Å². The van der Waals surface area contributed by atoms with Gasteiger partial charge in [-0.3, -0.25) is 0 Å². The zero-order chi connectivity index (χ0) is 14.1. The summed E-state index contributed by atoms with van der Waals surface area (Å²) in [5.74, 6) is -0.140. The highest BCUT2D eigenvalue weighted by Gasteiger charge is 2.37. The Hall–Kier alpha value is -1.42. The summed E-state index contributed by atoms with van der Waals surface area (Å²) in [5, 5.41) is 18.6. The molecule has 1 heterocycles. The molecule has 0 aliphatic carbocycles. The molecule has 0 aromatic heterocycles. The molecule has 0 spiro atoms. The van der Waals surface area contributed by atoms with E-state index < -0.39 is 15.6 Å². The molecular formula is C13H16N2O3S. The fourth-order valence-corrected chi connectivity index (χ4v) is 3.80. The molecule has 2 rings (SSSR count). The van der Waals surface area contributed by atoms with Gasteiger partial charge in [0.1, 0.15) is 0 Å². The topological polar surface area (TPSA) is 81.4 Å². The van der Waals surface area contributed by atoms with Gasteiger partial charge in [0, 0.05) is 13.1 Å². The van der Waals surface area contributed by atoms with Crippen LogP contribution in [0.2, 0.25) is 0 Å².